The van der Waals surface area contributed by atoms with E-state index in [1.54, 1.807) is 10.9 Å². The highest BCUT2D eigenvalue weighted by molar-refractivity contribution is 6.31. The van der Waals surface area contributed by atoms with Crippen LogP contribution in [0.4, 0.5) is 0 Å². The van der Waals surface area contributed by atoms with Crippen molar-refractivity contribution in [3.05, 3.63) is 23.8 Å². The minimum absolute atomic E-state index is 0.402. The van der Waals surface area contributed by atoms with Gasteiger partial charge in [-0.15, -0.1) is 0 Å². The van der Waals surface area contributed by atoms with Gasteiger partial charge in [0.15, 0.2) is 5.15 Å². The number of rotatable bonds is 2. The number of hydrogen-bond acceptors (Lipinski definition) is 2. The fourth-order valence-corrected chi connectivity index (χ4v) is 1.20. The summed E-state index contributed by atoms with van der Waals surface area (Å²) in [6.07, 6.45) is 1.64. The standard InChI is InChI=1S/C7H10ClN3/c1-5(3-9)6-7(8)10-4-11(6)2/h4H,1,3,9H2,2H3. The molecule has 0 aliphatic carbocycles. The first-order chi connectivity index (χ1) is 5.16. The molecule has 0 aromatic carbocycles. The Morgan fingerprint density at radius 1 is 1.91 bits per heavy atom. The van der Waals surface area contributed by atoms with Gasteiger partial charge in [-0.25, -0.2) is 4.98 Å². The van der Waals surface area contributed by atoms with Gasteiger partial charge in [0.1, 0.15) is 0 Å². The van der Waals surface area contributed by atoms with Crippen molar-refractivity contribution < 1.29 is 0 Å². The van der Waals surface area contributed by atoms with Crippen LogP contribution in [-0.2, 0) is 7.05 Å². The molecule has 0 amide bonds. The van der Waals surface area contributed by atoms with Crippen molar-refractivity contribution in [3.8, 4) is 0 Å². The van der Waals surface area contributed by atoms with E-state index in [0.717, 1.165) is 11.3 Å². The van der Waals surface area contributed by atoms with Crippen LogP contribution in [0.5, 0.6) is 0 Å². The zero-order valence-electron chi connectivity index (χ0n) is 6.34. The van der Waals surface area contributed by atoms with Gasteiger partial charge < -0.3 is 10.3 Å². The third kappa shape index (κ3) is 1.44. The maximum Gasteiger partial charge on any atom is 0.154 e. The summed E-state index contributed by atoms with van der Waals surface area (Å²) in [6, 6.07) is 0. The van der Waals surface area contributed by atoms with Gasteiger partial charge in [-0.05, 0) is 5.57 Å². The van der Waals surface area contributed by atoms with Crippen molar-refractivity contribution in [1.82, 2.24) is 9.55 Å². The summed E-state index contributed by atoms with van der Waals surface area (Å²) in [6.45, 7) is 4.17. The third-order valence-corrected chi connectivity index (χ3v) is 1.75. The van der Waals surface area contributed by atoms with E-state index in [2.05, 4.69) is 11.6 Å². The van der Waals surface area contributed by atoms with Crippen LogP contribution in [0.2, 0.25) is 5.15 Å². The highest BCUT2D eigenvalue weighted by Gasteiger charge is 2.07. The zero-order chi connectivity index (χ0) is 8.43. The Morgan fingerprint density at radius 2 is 2.55 bits per heavy atom. The molecule has 0 radical (unpaired) electrons. The van der Waals surface area contributed by atoms with Crippen LogP contribution in [0.1, 0.15) is 5.69 Å². The Bertz CT molecular complexity index is 258. The van der Waals surface area contributed by atoms with Crippen molar-refractivity contribution in [2.45, 2.75) is 0 Å². The molecule has 0 spiro atoms. The summed E-state index contributed by atoms with van der Waals surface area (Å²) in [5.74, 6) is 0. The number of aromatic nitrogens is 2. The van der Waals surface area contributed by atoms with E-state index in [4.69, 9.17) is 17.3 Å². The molecule has 11 heavy (non-hydrogen) atoms. The van der Waals surface area contributed by atoms with E-state index < -0.39 is 0 Å². The minimum Gasteiger partial charge on any atom is -0.333 e. The monoisotopic (exact) mass is 171 g/mol. The lowest BCUT2D eigenvalue weighted by molar-refractivity contribution is 0.893. The Labute approximate surface area is 70.5 Å². The first-order valence-electron chi connectivity index (χ1n) is 3.22. The molecule has 3 nitrogen and oxygen atoms in total. The Morgan fingerprint density at radius 3 is 2.91 bits per heavy atom. The predicted molar refractivity (Wildman–Crippen MR) is 46.3 cm³/mol. The molecule has 2 N–H and O–H groups in total. The summed E-state index contributed by atoms with van der Waals surface area (Å²) in [7, 11) is 1.86. The first-order valence-corrected chi connectivity index (χ1v) is 3.59. The fraction of sp³-hybridized carbons (Fsp3) is 0.286. The van der Waals surface area contributed by atoms with Gasteiger partial charge in [0.2, 0.25) is 0 Å². The van der Waals surface area contributed by atoms with E-state index in [1.807, 2.05) is 7.05 Å². The van der Waals surface area contributed by atoms with Gasteiger partial charge in [-0.3, -0.25) is 0 Å². The largest absolute Gasteiger partial charge is 0.333 e. The number of aryl methyl sites for hydroxylation is 1. The van der Waals surface area contributed by atoms with E-state index in [9.17, 15) is 0 Å². The Balaban J connectivity index is 3.10. The van der Waals surface area contributed by atoms with E-state index in [1.165, 1.54) is 0 Å². The summed E-state index contributed by atoms with van der Waals surface area (Å²) in [5.41, 5.74) is 7.02. The molecule has 0 saturated heterocycles. The van der Waals surface area contributed by atoms with Crippen LogP contribution in [0.25, 0.3) is 5.57 Å². The lowest BCUT2D eigenvalue weighted by Crippen LogP contribution is -2.04. The van der Waals surface area contributed by atoms with Gasteiger partial charge in [0, 0.05) is 13.6 Å². The Hall–Kier alpha value is -0.800. The average Bonchev–Trinajstić information content (AvgIpc) is 2.30. The SMILES string of the molecule is C=C(CN)c1c(Cl)ncn1C. The molecule has 1 aromatic heterocycles. The summed E-state index contributed by atoms with van der Waals surface area (Å²) < 4.78 is 1.80. The van der Waals surface area contributed by atoms with Gasteiger partial charge >= 0.3 is 0 Å². The highest BCUT2D eigenvalue weighted by Crippen LogP contribution is 2.19. The molecule has 0 aliphatic heterocycles. The molecule has 0 fully saturated rings. The lowest BCUT2D eigenvalue weighted by Gasteiger charge is -2.02. The molecule has 0 bridgehead atoms. The quantitative estimate of drug-likeness (QED) is 0.723. The maximum absolute atomic E-state index is 5.77. The van der Waals surface area contributed by atoms with Crippen molar-refractivity contribution >= 4 is 17.2 Å². The molecule has 0 saturated carbocycles. The zero-order valence-corrected chi connectivity index (χ0v) is 7.10. The van der Waals surface area contributed by atoms with Crippen molar-refractivity contribution in [2.24, 2.45) is 12.8 Å². The van der Waals surface area contributed by atoms with Crippen molar-refractivity contribution in [3.63, 3.8) is 0 Å². The molecule has 1 heterocycles. The summed E-state index contributed by atoms with van der Waals surface area (Å²) >= 11 is 5.77. The summed E-state index contributed by atoms with van der Waals surface area (Å²) in [4.78, 5) is 3.90. The normalized spacial score (nSPS) is 10.1. The van der Waals surface area contributed by atoms with Crippen LogP contribution in [0, 0.1) is 0 Å². The second kappa shape index (κ2) is 3.07. The van der Waals surface area contributed by atoms with Crippen LogP contribution in [-0.4, -0.2) is 16.1 Å². The molecule has 0 unspecified atom stereocenters. The number of imidazole rings is 1. The molecule has 0 atom stereocenters. The molecule has 4 heteroatoms. The number of hydrogen-bond donors (Lipinski definition) is 1. The molecule has 1 rings (SSSR count). The molecule has 0 aliphatic rings. The van der Waals surface area contributed by atoms with Gasteiger partial charge in [0.05, 0.1) is 12.0 Å². The van der Waals surface area contributed by atoms with E-state index in [-0.39, 0.29) is 0 Å². The first kappa shape index (κ1) is 8.30. The minimum atomic E-state index is 0.402. The van der Waals surface area contributed by atoms with Gasteiger partial charge in [-0.2, -0.15) is 0 Å². The van der Waals surface area contributed by atoms with Crippen LogP contribution in [0.3, 0.4) is 0 Å². The topological polar surface area (TPSA) is 43.8 Å². The van der Waals surface area contributed by atoms with Gasteiger partial charge in [0.25, 0.3) is 0 Å². The molecular weight excluding hydrogens is 162 g/mol. The molecular formula is C7H10ClN3. The smallest absolute Gasteiger partial charge is 0.154 e. The number of halogens is 1. The average molecular weight is 172 g/mol. The van der Waals surface area contributed by atoms with Crippen LogP contribution >= 0.6 is 11.6 Å². The highest BCUT2D eigenvalue weighted by atomic mass is 35.5. The number of nitrogens with two attached hydrogens (primary N) is 1. The van der Waals surface area contributed by atoms with E-state index >= 15 is 0 Å². The lowest BCUT2D eigenvalue weighted by atomic mass is 10.2. The van der Waals surface area contributed by atoms with Gasteiger partial charge in [-0.1, -0.05) is 18.2 Å². The predicted octanol–water partition coefficient (Wildman–Crippen LogP) is 1.05. The fourth-order valence-electron chi connectivity index (χ4n) is 0.894. The van der Waals surface area contributed by atoms with Crippen LogP contribution < -0.4 is 5.73 Å². The summed E-state index contributed by atoms with van der Waals surface area (Å²) in [5, 5.41) is 0.461. The van der Waals surface area contributed by atoms with Crippen LogP contribution in [0.15, 0.2) is 12.9 Å². The Kier molecular flexibility index (Phi) is 2.31. The third-order valence-electron chi connectivity index (χ3n) is 1.47. The van der Waals surface area contributed by atoms with Crippen molar-refractivity contribution in [1.29, 1.82) is 0 Å². The van der Waals surface area contributed by atoms with Crippen molar-refractivity contribution in [2.75, 3.05) is 6.54 Å². The second-order valence-corrected chi connectivity index (χ2v) is 2.66. The number of nitrogens with zero attached hydrogens (tertiary/aromatic N) is 2. The molecule has 60 valence electrons. The van der Waals surface area contributed by atoms with E-state index in [0.29, 0.717) is 11.7 Å². The maximum atomic E-state index is 5.77. The second-order valence-electron chi connectivity index (χ2n) is 2.30. The molecule has 1 aromatic rings.